The van der Waals surface area contributed by atoms with E-state index in [4.69, 9.17) is 21.1 Å². The molecule has 2 aromatic rings. The zero-order chi connectivity index (χ0) is 20.4. The fourth-order valence-corrected chi connectivity index (χ4v) is 4.57. The quantitative estimate of drug-likeness (QED) is 0.764. The van der Waals surface area contributed by atoms with Gasteiger partial charge in [0, 0.05) is 36.6 Å². The van der Waals surface area contributed by atoms with E-state index in [0.717, 1.165) is 11.3 Å². The minimum absolute atomic E-state index is 0.0869. The molecular weight excluding hydrogens is 416 g/mol. The van der Waals surface area contributed by atoms with E-state index >= 15 is 0 Å². The van der Waals surface area contributed by atoms with E-state index in [1.807, 2.05) is 0 Å². The second-order valence-electron chi connectivity index (χ2n) is 6.92. The van der Waals surface area contributed by atoms with Crippen molar-refractivity contribution in [3.8, 4) is 0 Å². The Bertz CT molecular complexity index is 919. The van der Waals surface area contributed by atoms with Crippen molar-refractivity contribution < 1.29 is 19.1 Å². The van der Waals surface area contributed by atoms with Crippen molar-refractivity contribution in [3.05, 3.63) is 39.9 Å². The average Bonchev–Trinajstić information content (AvgIpc) is 3.28. The van der Waals surface area contributed by atoms with Crippen LogP contribution in [-0.4, -0.2) is 53.9 Å². The molecule has 2 saturated heterocycles. The van der Waals surface area contributed by atoms with Gasteiger partial charge in [-0.2, -0.15) is 0 Å². The van der Waals surface area contributed by atoms with E-state index in [-0.39, 0.29) is 5.91 Å². The van der Waals surface area contributed by atoms with E-state index in [0.29, 0.717) is 65.6 Å². The number of halogens is 1. The number of nitrogens with one attached hydrogen (secondary N) is 2. The number of amides is 3. The van der Waals surface area contributed by atoms with E-state index in [2.05, 4.69) is 15.6 Å². The van der Waals surface area contributed by atoms with Crippen LogP contribution in [0.5, 0.6) is 0 Å². The van der Waals surface area contributed by atoms with Gasteiger partial charge in [-0.1, -0.05) is 29.0 Å². The Morgan fingerprint density at radius 1 is 1.21 bits per heavy atom. The van der Waals surface area contributed by atoms with E-state index in [1.165, 1.54) is 0 Å². The van der Waals surface area contributed by atoms with Crippen LogP contribution < -0.4 is 10.6 Å². The molecule has 2 aliphatic rings. The van der Waals surface area contributed by atoms with Crippen molar-refractivity contribution in [1.29, 1.82) is 0 Å². The normalized spacial score (nSPS) is 18.1. The predicted octanol–water partition coefficient (Wildman–Crippen LogP) is 3.73. The number of nitrogens with zero attached hydrogens (tertiary/aromatic N) is 2. The second kappa shape index (κ2) is 8.27. The fourth-order valence-electron chi connectivity index (χ4n) is 3.45. The third-order valence-corrected chi connectivity index (χ3v) is 6.22. The van der Waals surface area contributed by atoms with Crippen LogP contribution in [0.25, 0.3) is 0 Å². The highest BCUT2D eigenvalue weighted by Gasteiger charge is 2.41. The van der Waals surface area contributed by atoms with Gasteiger partial charge in [-0.05, 0) is 25.1 Å². The average molecular weight is 437 g/mol. The molecule has 2 N–H and O–H groups in total. The Morgan fingerprint density at radius 3 is 2.62 bits per heavy atom. The molecule has 4 rings (SSSR count). The zero-order valence-corrected chi connectivity index (χ0v) is 17.4. The van der Waals surface area contributed by atoms with Gasteiger partial charge in [-0.25, -0.2) is 9.78 Å². The number of hydrogen-bond acceptors (Lipinski definition) is 6. The molecule has 1 spiro atoms. The predicted molar refractivity (Wildman–Crippen MR) is 111 cm³/mol. The summed E-state index contributed by atoms with van der Waals surface area (Å²) in [5, 5.41) is 6.25. The summed E-state index contributed by atoms with van der Waals surface area (Å²) in [6.07, 6.45) is 1.31. The van der Waals surface area contributed by atoms with Crippen LogP contribution in [0, 0.1) is 6.92 Å². The number of hydrogen-bond donors (Lipinski definition) is 2. The number of rotatable bonds is 3. The van der Waals surface area contributed by atoms with E-state index < -0.39 is 11.8 Å². The minimum atomic E-state index is -0.523. The lowest BCUT2D eigenvalue weighted by Crippen LogP contribution is -2.47. The summed E-state index contributed by atoms with van der Waals surface area (Å²) in [4.78, 5) is 31.8. The Morgan fingerprint density at radius 2 is 1.93 bits per heavy atom. The number of aryl methyl sites for hydroxylation is 1. The highest BCUT2D eigenvalue weighted by molar-refractivity contribution is 7.17. The number of carbonyl (C=O) groups is 2. The number of benzene rings is 1. The number of ether oxygens (including phenoxy) is 2. The number of thiazole rings is 1. The molecule has 1 aromatic heterocycles. The third-order valence-electron chi connectivity index (χ3n) is 4.92. The molecule has 2 fully saturated rings. The second-order valence-corrected chi connectivity index (χ2v) is 8.36. The number of likely N-dealkylation sites (tertiary alicyclic amines) is 1. The van der Waals surface area contributed by atoms with Crippen LogP contribution in [0.4, 0.5) is 15.6 Å². The Balaban J connectivity index is 1.37. The molecule has 3 amide bonds. The molecule has 2 aliphatic heterocycles. The topological polar surface area (TPSA) is 92.8 Å². The van der Waals surface area contributed by atoms with Crippen LogP contribution >= 0.6 is 22.9 Å². The first-order valence-electron chi connectivity index (χ1n) is 9.32. The molecule has 0 bridgehead atoms. The van der Waals surface area contributed by atoms with Crippen LogP contribution in [0.3, 0.4) is 0 Å². The molecule has 1 aromatic carbocycles. The fraction of sp³-hybridized carbons (Fsp3) is 0.421. The lowest BCUT2D eigenvalue weighted by molar-refractivity contribution is -0.181. The van der Waals surface area contributed by atoms with Gasteiger partial charge < -0.3 is 19.7 Å². The van der Waals surface area contributed by atoms with Gasteiger partial charge in [0.2, 0.25) is 0 Å². The summed E-state index contributed by atoms with van der Waals surface area (Å²) in [6.45, 7) is 4.10. The summed E-state index contributed by atoms with van der Waals surface area (Å²) in [7, 11) is 0. The molecule has 154 valence electrons. The molecule has 8 nitrogen and oxygen atoms in total. The molecule has 29 heavy (non-hydrogen) atoms. The first-order chi connectivity index (χ1) is 13.9. The van der Waals surface area contributed by atoms with Crippen molar-refractivity contribution in [2.24, 2.45) is 0 Å². The number of carbonyl (C=O) groups excluding carboxylic acids is 2. The molecule has 0 unspecified atom stereocenters. The number of urea groups is 1. The van der Waals surface area contributed by atoms with Gasteiger partial charge >= 0.3 is 6.03 Å². The largest absolute Gasteiger partial charge is 0.347 e. The lowest BCUT2D eigenvalue weighted by atomic mass is 10.0. The van der Waals surface area contributed by atoms with E-state index in [9.17, 15) is 9.59 Å². The minimum Gasteiger partial charge on any atom is -0.347 e. The van der Waals surface area contributed by atoms with E-state index in [1.54, 1.807) is 36.1 Å². The summed E-state index contributed by atoms with van der Waals surface area (Å²) >= 11 is 7.09. The molecule has 0 saturated carbocycles. The van der Waals surface area contributed by atoms with Gasteiger partial charge in [0.25, 0.3) is 5.91 Å². The zero-order valence-electron chi connectivity index (χ0n) is 15.9. The molecule has 0 aliphatic carbocycles. The van der Waals surface area contributed by atoms with Crippen LogP contribution in [0.2, 0.25) is 5.02 Å². The van der Waals surface area contributed by atoms with Crippen molar-refractivity contribution in [1.82, 2.24) is 9.88 Å². The highest BCUT2D eigenvalue weighted by atomic mass is 35.5. The van der Waals surface area contributed by atoms with Gasteiger partial charge in [0.1, 0.15) is 4.88 Å². The summed E-state index contributed by atoms with van der Waals surface area (Å²) in [5.41, 5.74) is 1.16. The summed E-state index contributed by atoms with van der Waals surface area (Å²) in [5.74, 6) is -0.610. The Labute approximate surface area is 177 Å². The summed E-state index contributed by atoms with van der Waals surface area (Å²) in [6, 6.07) is 6.39. The molecule has 10 heteroatoms. The van der Waals surface area contributed by atoms with Crippen molar-refractivity contribution >= 4 is 45.7 Å². The van der Waals surface area contributed by atoms with Crippen molar-refractivity contribution in [2.75, 3.05) is 36.9 Å². The molecule has 0 atom stereocenters. The Kier molecular flexibility index (Phi) is 5.73. The van der Waals surface area contributed by atoms with Crippen LogP contribution in [0.1, 0.15) is 28.2 Å². The Hall–Kier alpha value is -2.20. The lowest BCUT2D eigenvalue weighted by Gasteiger charge is -2.37. The van der Waals surface area contributed by atoms with Crippen LogP contribution in [0.15, 0.2) is 24.3 Å². The number of aromatic nitrogens is 1. The maximum absolute atomic E-state index is 12.9. The first kappa shape index (κ1) is 20.1. The maximum Gasteiger partial charge on any atom is 0.325 e. The smallest absolute Gasteiger partial charge is 0.325 e. The number of piperidine rings is 1. The summed E-state index contributed by atoms with van der Waals surface area (Å²) < 4.78 is 11.4. The molecular formula is C19H21ClN4O4S. The van der Waals surface area contributed by atoms with Gasteiger partial charge in [0.05, 0.1) is 18.9 Å². The van der Waals surface area contributed by atoms with Gasteiger partial charge in [0.15, 0.2) is 10.9 Å². The van der Waals surface area contributed by atoms with Crippen molar-refractivity contribution in [3.63, 3.8) is 0 Å². The monoisotopic (exact) mass is 436 g/mol. The van der Waals surface area contributed by atoms with Gasteiger partial charge in [-0.15, -0.1) is 0 Å². The van der Waals surface area contributed by atoms with Gasteiger partial charge in [-0.3, -0.25) is 10.1 Å². The van der Waals surface area contributed by atoms with Crippen molar-refractivity contribution in [2.45, 2.75) is 25.6 Å². The number of anilines is 2. The molecule has 0 radical (unpaired) electrons. The third kappa shape index (κ3) is 4.53. The highest BCUT2D eigenvalue weighted by Crippen LogP contribution is 2.33. The van der Waals surface area contributed by atoms with Crippen LogP contribution in [-0.2, 0) is 9.47 Å². The first-order valence-corrected chi connectivity index (χ1v) is 10.5. The standard InChI is InChI=1S/C19H21ClN4O4S/c1-12-15(16(25)24-7-5-19(6-8-24)27-9-10-28-19)29-18(21-12)23-17(26)22-14-4-2-3-13(20)11-14/h2-4,11H,5-10H2,1H3,(H2,21,22,23,26). The SMILES string of the molecule is Cc1nc(NC(=O)Nc2cccc(Cl)c2)sc1C(=O)N1CCC2(CC1)OCCO2. The maximum atomic E-state index is 12.9. The molecule has 3 heterocycles.